The molecule has 5 nitrogen and oxygen atoms in total. The lowest BCUT2D eigenvalue weighted by molar-refractivity contribution is 0.0322. The molecule has 1 fully saturated rings. The zero-order valence-electron chi connectivity index (χ0n) is 12.5. The van der Waals surface area contributed by atoms with E-state index in [-0.39, 0.29) is 5.56 Å². The molecule has 1 aliphatic heterocycles. The molecule has 0 bridgehead atoms. The summed E-state index contributed by atoms with van der Waals surface area (Å²) in [6.07, 6.45) is 1.76. The van der Waals surface area contributed by atoms with Crippen molar-refractivity contribution in [3.05, 3.63) is 59.0 Å². The molecule has 0 saturated carbocycles. The number of benzene rings is 1. The van der Waals surface area contributed by atoms with E-state index in [1.54, 1.807) is 22.9 Å². The fraction of sp³-hybridized carbons (Fsp3) is 0.353. The van der Waals surface area contributed by atoms with E-state index in [9.17, 15) is 4.79 Å². The summed E-state index contributed by atoms with van der Waals surface area (Å²) in [6, 6.07) is 12.7. The van der Waals surface area contributed by atoms with Gasteiger partial charge in [0, 0.05) is 37.6 Å². The average Bonchev–Trinajstić information content (AvgIpc) is 2.57. The number of morpholine rings is 1. The molecule has 0 atom stereocenters. The Morgan fingerprint density at radius 3 is 2.55 bits per heavy atom. The van der Waals surface area contributed by atoms with E-state index >= 15 is 0 Å². The van der Waals surface area contributed by atoms with Crippen LogP contribution in [-0.2, 0) is 4.74 Å². The van der Waals surface area contributed by atoms with Crippen molar-refractivity contribution in [1.82, 2.24) is 9.47 Å². The Balaban J connectivity index is 1.55. The second-order valence-corrected chi connectivity index (χ2v) is 5.21. The maximum absolute atomic E-state index is 11.8. The zero-order chi connectivity index (χ0) is 15.2. The van der Waals surface area contributed by atoms with Gasteiger partial charge in [-0.3, -0.25) is 14.3 Å². The number of hydrogen-bond donors (Lipinski definition) is 0. The van der Waals surface area contributed by atoms with Crippen LogP contribution in [0, 0.1) is 0 Å². The summed E-state index contributed by atoms with van der Waals surface area (Å²) in [6.45, 7) is 5.12. The third kappa shape index (κ3) is 3.75. The van der Waals surface area contributed by atoms with Gasteiger partial charge in [0.2, 0.25) is 0 Å². The molecule has 2 heterocycles. The van der Waals surface area contributed by atoms with Gasteiger partial charge in [0.15, 0.2) is 0 Å². The van der Waals surface area contributed by atoms with Crippen LogP contribution in [0.25, 0.3) is 5.69 Å². The minimum Gasteiger partial charge on any atom is -0.492 e. The fourth-order valence-corrected chi connectivity index (χ4v) is 2.46. The molecule has 0 aliphatic carbocycles. The molecule has 1 saturated heterocycles. The molecule has 3 rings (SSSR count). The smallest absolute Gasteiger partial charge is 0.255 e. The second-order valence-electron chi connectivity index (χ2n) is 5.21. The molecule has 0 radical (unpaired) electrons. The lowest BCUT2D eigenvalue weighted by Gasteiger charge is -2.26. The fourth-order valence-electron chi connectivity index (χ4n) is 2.46. The Kier molecular flexibility index (Phi) is 4.88. The molecular formula is C17H20N2O3. The summed E-state index contributed by atoms with van der Waals surface area (Å²) >= 11 is 0. The predicted octanol–water partition coefficient (Wildman–Crippen LogP) is 1.55. The van der Waals surface area contributed by atoms with Crippen LogP contribution < -0.4 is 10.3 Å². The second kappa shape index (κ2) is 7.24. The first-order valence-electron chi connectivity index (χ1n) is 7.54. The standard InChI is InChI=1S/C17H20N2O3/c20-17-3-1-2-8-19(17)15-4-6-16(7-5-15)22-14-11-18-9-12-21-13-10-18/h1-8H,9-14H2. The molecule has 0 unspecified atom stereocenters. The van der Waals surface area contributed by atoms with Crippen LogP contribution >= 0.6 is 0 Å². The third-order valence-electron chi connectivity index (χ3n) is 3.72. The normalized spacial score (nSPS) is 15.6. The van der Waals surface area contributed by atoms with E-state index in [2.05, 4.69) is 4.90 Å². The summed E-state index contributed by atoms with van der Waals surface area (Å²) in [5.41, 5.74) is 0.801. The molecule has 0 N–H and O–H groups in total. The van der Waals surface area contributed by atoms with Gasteiger partial charge in [0.05, 0.1) is 13.2 Å². The highest BCUT2D eigenvalue weighted by molar-refractivity contribution is 5.37. The predicted molar refractivity (Wildman–Crippen MR) is 84.8 cm³/mol. The number of ether oxygens (including phenoxy) is 2. The largest absolute Gasteiger partial charge is 0.492 e. The molecule has 0 amide bonds. The van der Waals surface area contributed by atoms with E-state index < -0.39 is 0 Å². The number of rotatable bonds is 5. The Morgan fingerprint density at radius 2 is 1.82 bits per heavy atom. The van der Waals surface area contributed by atoms with Gasteiger partial charge in [-0.2, -0.15) is 0 Å². The molecule has 22 heavy (non-hydrogen) atoms. The van der Waals surface area contributed by atoms with Crippen molar-refractivity contribution in [1.29, 1.82) is 0 Å². The van der Waals surface area contributed by atoms with Crippen LogP contribution in [0.3, 0.4) is 0 Å². The molecule has 5 heteroatoms. The van der Waals surface area contributed by atoms with Crippen molar-refractivity contribution in [3.63, 3.8) is 0 Å². The van der Waals surface area contributed by atoms with Crippen molar-refractivity contribution in [2.24, 2.45) is 0 Å². The van der Waals surface area contributed by atoms with Gasteiger partial charge < -0.3 is 9.47 Å². The van der Waals surface area contributed by atoms with E-state index in [1.807, 2.05) is 30.3 Å². The van der Waals surface area contributed by atoms with Gasteiger partial charge in [-0.1, -0.05) is 6.07 Å². The van der Waals surface area contributed by atoms with Crippen molar-refractivity contribution >= 4 is 0 Å². The minimum atomic E-state index is -0.0384. The molecular weight excluding hydrogens is 280 g/mol. The molecule has 116 valence electrons. The molecule has 2 aromatic rings. The maximum atomic E-state index is 11.8. The highest BCUT2D eigenvalue weighted by Crippen LogP contribution is 2.14. The Bertz CT molecular complexity index is 645. The van der Waals surface area contributed by atoms with Crippen LogP contribution in [0.1, 0.15) is 0 Å². The highest BCUT2D eigenvalue weighted by Gasteiger charge is 2.09. The van der Waals surface area contributed by atoms with Crippen molar-refractivity contribution in [2.45, 2.75) is 0 Å². The Hall–Kier alpha value is -2.11. The van der Waals surface area contributed by atoms with Crippen LogP contribution in [-0.4, -0.2) is 48.9 Å². The van der Waals surface area contributed by atoms with E-state index in [0.717, 1.165) is 44.3 Å². The lowest BCUT2D eigenvalue weighted by Crippen LogP contribution is -2.38. The van der Waals surface area contributed by atoms with Crippen molar-refractivity contribution < 1.29 is 9.47 Å². The number of pyridine rings is 1. The average molecular weight is 300 g/mol. The summed E-state index contributed by atoms with van der Waals surface area (Å²) in [5.74, 6) is 0.820. The molecule has 0 spiro atoms. The summed E-state index contributed by atoms with van der Waals surface area (Å²) < 4.78 is 12.7. The van der Waals surface area contributed by atoms with Crippen LogP contribution in [0.2, 0.25) is 0 Å². The maximum Gasteiger partial charge on any atom is 0.255 e. The van der Waals surface area contributed by atoms with Crippen LogP contribution in [0.4, 0.5) is 0 Å². The summed E-state index contributed by atoms with van der Waals surface area (Å²) in [5, 5.41) is 0. The molecule has 1 aliphatic rings. The van der Waals surface area contributed by atoms with Gasteiger partial charge in [0.1, 0.15) is 12.4 Å². The van der Waals surface area contributed by atoms with E-state index in [0.29, 0.717) is 6.61 Å². The van der Waals surface area contributed by atoms with Crippen LogP contribution in [0.15, 0.2) is 53.5 Å². The topological polar surface area (TPSA) is 43.7 Å². The third-order valence-corrected chi connectivity index (χ3v) is 3.72. The zero-order valence-corrected chi connectivity index (χ0v) is 12.5. The van der Waals surface area contributed by atoms with E-state index in [1.165, 1.54) is 0 Å². The first-order valence-corrected chi connectivity index (χ1v) is 7.54. The van der Waals surface area contributed by atoms with Crippen molar-refractivity contribution in [2.75, 3.05) is 39.5 Å². The minimum absolute atomic E-state index is 0.0384. The molecule has 1 aromatic carbocycles. The Labute approximate surface area is 129 Å². The van der Waals surface area contributed by atoms with Gasteiger partial charge in [-0.25, -0.2) is 0 Å². The van der Waals surface area contributed by atoms with Gasteiger partial charge in [-0.15, -0.1) is 0 Å². The quantitative estimate of drug-likeness (QED) is 0.840. The van der Waals surface area contributed by atoms with E-state index in [4.69, 9.17) is 9.47 Å². The number of aromatic nitrogens is 1. The Morgan fingerprint density at radius 1 is 1.05 bits per heavy atom. The van der Waals surface area contributed by atoms with Gasteiger partial charge >= 0.3 is 0 Å². The number of hydrogen-bond acceptors (Lipinski definition) is 4. The SMILES string of the molecule is O=c1ccccn1-c1ccc(OCCN2CCOCC2)cc1. The first-order chi connectivity index (χ1) is 10.8. The van der Waals surface area contributed by atoms with Gasteiger partial charge in [-0.05, 0) is 30.3 Å². The summed E-state index contributed by atoms with van der Waals surface area (Å²) in [7, 11) is 0. The highest BCUT2D eigenvalue weighted by atomic mass is 16.5. The van der Waals surface area contributed by atoms with Gasteiger partial charge in [0.25, 0.3) is 5.56 Å². The lowest BCUT2D eigenvalue weighted by atomic mass is 10.3. The van der Waals surface area contributed by atoms with Crippen LogP contribution in [0.5, 0.6) is 5.75 Å². The summed E-state index contributed by atoms with van der Waals surface area (Å²) in [4.78, 5) is 14.1. The number of nitrogens with zero attached hydrogens (tertiary/aromatic N) is 2. The first kappa shape index (κ1) is 14.8. The van der Waals surface area contributed by atoms with Crippen molar-refractivity contribution in [3.8, 4) is 11.4 Å². The monoisotopic (exact) mass is 300 g/mol. The molecule has 1 aromatic heterocycles.